The van der Waals surface area contributed by atoms with Gasteiger partial charge in [0.15, 0.2) is 0 Å². The standard InChI is InChI=1S/C17H23N3O2S/c1-4-14(23-5-2)17(22)18-13-8-6-12(7-9-13)16-11(3)10-15(21)19-20-16/h6-9,11,14H,4-5,10H2,1-3H3,(H,18,22)(H,19,21). The molecule has 1 aromatic carbocycles. The molecule has 0 radical (unpaired) electrons. The summed E-state index contributed by atoms with van der Waals surface area (Å²) in [6.45, 7) is 6.06. The van der Waals surface area contributed by atoms with Crippen molar-refractivity contribution in [3.05, 3.63) is 29.8 Å². The van der Waals surface area contributed by atoms with E-state index in [0.717, 1.165) is 29.1 Å². The van der Waals surface area contributed by atoms with Crippen molar-refractivity contribution in [2.75, 3.05) is 11.1 Å². The van der Waals surface area contributed by atoms with Gasteiger partial charge in [0.2, 0.25) is 11.8 Å². The van der Waals surface area contributed by atoms with Gasteiger partial charge < -0.3 is 5.32 Å². The van der Waals surface area contributed by atoms with E-state index in [1.165, 1.54) is 0 Å². The van der Waals surface area contributed by atoms with Crippen LogP contribution in [0.25, 0.3) is 0 Å². The first-order valence-corrected chi connectivity index (χ1v) is 8.99. The molecule has 0 aromatic heterocycles. The number of nitrogens with zero attached hydrogens (tertiary/aromatic N) is 1. The van der Waals surface area contributed by atoms with Gasteiger partial charge in [0.1, 0.15) is 0 Å². The fraction of sp³-hybridized carbons (Fsp3) is 0.471. The summed E-state index contributed by atoms with van der Waals surface area (Å²) < 4.78 is 0. The highest BCUT2D eigenvalue weighted by Gasteiger charge is 2.21. The lowest BCUT2D eigenvalue weighted by molar-refractivity contribution is -0.122. The maximum absolute atomic E-state index is 12.2. The molecule has 5 nitrogen and oxygen atoms in total. The van der Waals surface area contributed by atoms with Crippen molar-refractivity contribution in [3.8, 4) is 0 Å². The Balaban J connectivity index is 2.05. The van der Waals surface area contributed by atoms with Crippen LogP contribution in [0.3, 0.4) is 0 Å². The average Bonchev–Trinajstić information content (AvgIpc) is 2.53. The molecular weight excluding hydrogens is 310 g/mol. The third-order valence-electron chi connectivity index (χ3n) is 3.74. The number of thioether (sulfide) groups is 1. The zero-order valence-electron chi connectivity index (χ0n) is 13.8. The Morgan fingerprint density at radius 3 is 2.65 bits per heavy atom. The van der Waals surface area contributed by atoms with Crippen molar-refractivity contribution in [3.63, 3.8) is 0 Å². The van der Waals surface area contributed by atoms with Crippen molar-refractivity contribution in [1.82, 2.24) is 5.43 Å². The molecule has 0 bridgehead atoms. The number of benzene rings is 1. The largest absolute Gasteiger partial charge is 0.325 e. The molecule has 2 rings (SSSR count). The van der Waals surface area contributed by atoms with Crippen molar-refractivity contribution in [2.24, 2.45) is 11.0 Å². The van der Waals surface area contributed by atoms with E-state index in [4.69, 9.17) is 0 Å². The lowest BCUT2D eigenvalue weighted by Gasteiger charge is -2.19. The number of rotatable bonds is 6. The maximum Gasteiger partial charge on any atom is 0.240 e. The summed E-state index contributed by atoms with van der Waals surface area (Å²) in [6.07, 6.45) is 1.26. The lowest BCUT2D eigenvalue weighted by atomic mass is 9.94. The highest BCUT2D eigenvalue weighted by Crippen LogP contribution is 2.20. The molecule has 23 heavy (non-hydrogen) atoms. The van der Waals surface area contributed by atoms with E-state index >= 15 is 0 Å². The minimum absolute atomic E-state index is 0.0161. The van der Waals surface area contributed by atoms with E-state index in [-0.39, 0.29) is 23.0 Å². The number of nitrogens with one attached hydrogen (secondary N) is 2. The Bertz CT molecular complexity index is 598. The number of hydrazone groups is 1. The number of hydrogen-bond acceptors (Lipinski definition) is 4. The predicted molar refractivity (Wildman–Crippen MR) is 95.7 cm³/mol. The molecule has 0 spiro atoms. The van der Waals surface area contributed by atoms with Crippen molar-refractivity contribution in [1.29, 1.82) is 0 Å². The first-order valence-electron chi connectivity index (χ1n) is 7.94. The normalized spacial score (nSPS) is 18.8. The van der Waals surface area contributed by atoms with Crippen LogP contribution in [0.4, 0.5) is 5.69 Å². The summed E-state index contributed by atoms with van der Waals surface area (Å²) in [6, 6.07) is 7.61. The van der Waals surface area contributed by atoms with Gasteiger partial charge in [0.25, 0.3) is 0 Å². The third kappa shape index (κ3) is 4.58. The van der Waals surface area contributed by atoms with Crippen LogP contribution in [-0.4, -0.2) is 28.5 Å². The number of carbonyl (C=O) groups is 2. The van der Waals surface area contributed by atoms with Gasteiger partial charge in [-0.05, 0) is 29.9 Å². The molecule has 0 saturated carbocycles. The Labute approximate surface area is 141 Å². The lowest BCUT2D eigenvalue weighted by Crippen LogP contribution is -2.31. The summed E-state index contributed by atoms with van der Waals surface area (Å²) in [7, 11) is 0. The van der Waals surface area contributed by atoms with E-state index in [0.29, 0.717) is 6.42 Å². The first kappa shape index (κ1) is 17.5. The van der Waals surface area contributed by atoms with E-state index in [1.807, 2.05) is 38.1 Å². The van der Waals surface area contributed by atoms with Crippen LogP contribution in [-0.2, 0) is 9.59 Å². The summed E-state index contributed by atoms with van der Waals surface area (Å²) in [4.78, 5) is 23.5. The smallest absolute Gasteiger partial charge is 0.240 e. The van der Waals surface area contributed by atoms with Gasteiger partial charge in [-0.1, -0.05) is 32.9 Å². The minimum Gasteiger partial charge on any atom is -0.325 e. The van der Waals surface area contributed by atoms with Crippen LogP contribution in [0, 0.1) is 5.92 Å². The monoisotopic (exact) mass is 333 g/mol. The van der Waals surface area contributed by atoms with E-state index < -0.39 is 0 Å². The van der Waals surface area contributed by atoms with Crippen molar-refractivity contribution < 1.29 is 9.59 Å². The molecule has 124 valence electrons. The fourth-order valence-electron chi connectivity index (χ4n) is 2.53. The van der Waals surface area contributed by atoms with Crippen LogP contribution in [0.1, 0.15) is 39.2 Å². The quantitative estimate of drug-likeness (QED) is 0.840. The van der Waals surface area contributed by atoms with Crippen molar-refractivity contribution in [2.45, 2.75) is 38.9 Å². The fourth-order valence-corrected chi connectivity index (χ4v) is 3.38. The molecule has 1 heterocycles. The summed E-state index contributed by atoms with van der Waals surface area (Å²) in [5.41, 5.74) is 5.13. The Morgan fingerprint density at radius 1 is 1.39 bits per heavy atom. The molecule has 1 aliphatic rings. The highest BCUT2D eigenvalue weighted by molar-refractivity contribution is 8.00. The van der Waals surface area contributed by atoms with Gasteiger partial charge in [-0.3, -0.25) is 9.59 Å². The minimum atomic E-state index is -0.0517. The Hall–Kier alpha value is -1.82. The molecule has 0 aliphatic carbocycles. The Morgan fingerprint density at radius 2 is 2.09 bits per heavy atom. The SMILES string of the molecule is CCSC(CC)C(=O)Nc1ccc(C2=NNC(=O)CC2C)cc1. The van der Waals surface area contributed by atoms with E-state index in [1.54, 1.807) is 11.8 Å². The average molecular weight is 333 g/mol. The molecule has 2 N–H and O–H groups in total. The van der Waals surface area contributed by atoms with Crippen molar-refractivity contribution >= 4 is 35.0 Å². The van der Waals surface area contributed by atoms with Crippen LogP contribution < -0.4 is 10.7 Å². The second-order valence-electron chi connectivity index (χ2n) is 5.56. The second kappa shape index (κ2) is 8.15. The van der Waals surface area contributed by atoms with Gasteiger partial charge in [0.05, 0.1) is 11.0 Å². The van der Waals surface area contributed by atoms with Gasteiger partial charge >= 0.3 is 0 Å². The zero-order chi connectivity index (χ0) is 16.8. The van der Waals surface area contributed by atoms with Crippen LogP contribution in [0.15, 0.2) is 29.4 Å². The molecule has 1 aliphatic heterocycles. The molecule has 2 unspecified atom stereocenters. The van der Waals surface area contributed by atoms with Gasteiger partial charge in [-0.15, -0.1) is 11.8 Å². The topological polar surface area (TPSA) is 70.6 Å². The third-order valence-corrected chi connectivity index (χ3v) is 5.02. The second-order valence-corrected chi connectivity index (χ2v) is 7.04. The zero-order valence-corrected chi connectivity index (χ0v) is 14.6. The number of hydrogen-bond donors (Lipinski definition) is 2. The molecule has 1 aromatic rings. The molecule has 2 amide bonds. The molecule has 2 atom stereocenters. The molecule has 0 saturated heterocycles. The van der Waals surface area contributed by atoms with Gasteiger partial charge in [0, 0.05) is 18.0 Å². The Kier molecular flexibility index (Phi) is 6.21. The maximum atomic E-state index is 12.2. The number of carbonyl (C=O) groups excluding carboxylic acids is 2. The van der Waals surface area contributed by atoms with Crippen LogP contribution in [0.2, 0.25) is 0 Å². The van der Waals surface area contributed by atoms with Crippen LogP contribution >= 0.6 is 11.8 Å². The molecule has 0 fully saturated rings. The van der Waals surface area contributed by atoms with Gasteiger partial charge in [-0.2, -0.15) is 5.10 Å². The van der Waals surface area contributed by atoms with Crippen LogP contribution in [0.5, 0.6) is 0 Å². The first-order chi connectivity index (χ1) is 11.0. The highest BCUT2D eigenvalue weighted by atomic mass is 32.2. The molecular formula is C17H23N3O2S. The summed E-state index contributed by atoms with van der Waals surface area (Å²) in [5, 5.41) is 7.09. The molecule has 6 heteroatoms. The summed E-state index contributed by atoms with van der Waals surface area (Å²) in [5.74, 6) is 1.01. The van der Waals surface area contributed by atoms with E-state index in [9.17, 15) is 9.59 Å². The number of amides is 2. The summed E-state index contributed by atoms with van der Waals surface area (Å²) >= 11 is 1.66. The predicted octanol–water partition coefficient (Wildman–Crippen LogP) is 3.02. The number of anilines is 1. The van der Waals surface area contributed by atoms with Gasteiger partial charge in [-0.25, -0.2) is 5.43 Å². The van der Waals surface area contributed by atoms with E-state index in [2.05, 4.69) is 22.8 Å².